The first kappa shape index (κ1) is 13.8. The van der Waals surface area contributed by atoms with Gasteiger partial charge in [-0.15, -0.1) is 0 Å². The van der Waals surface area contributed by atoms with Crippen LogP contribution in [0.25, 0.3) is 10.9 Å². The van der Waals surface area contributed by atoms with Crippen molar-refractivity contribution in [3.05, 3.63) is 59.5 Å². The number of nitrogens with one attached hydrogen (secondary N) is 1. The zero-order chi connectivity index (χ0) is 14.7. The fourth-order valence-electron chi connectivity index (χ4n) is 2.58. The molecule has 0 bridgehead atoms. The summed E-state index contributed by atoms with van der Waals surface area (Å²) in [7, 11) is 1.95. The van der Waals surface area contributed by atoms with E-state index in [1.165, 1.54) is 10.9 Å². The Bertz CT molecular complexity index is 745. The monoisotopic (exact) mass is 280 g/mol. The first-order valence-electron chi connectivity index (χ1n) is 7.27. The lowest BCUT2D eigenvalue weighted by Crippen LogP contribution is -2.17. The molecule has 2 aromatic heterocycles. The normalized spacial score (nSPS) is 11.1. The van der Waals surface area contributed by atoms with Gasteiger partial charge in [-0.05, 0) is 30.7 Å². The number of hydrogen-bond donors (Lipinski definition) is 1. The van der Waals surface area contributed by atoms with Crippen LogP contribution in [0.3, 0.4) is 0 Å². The van der Waals surface area contributed by atoms with Gasteiger partial charge in [0.15, 0.2) is 0 Å². The van der Waals surface area contributed by atoms with Gasteiger partial charge in [0.05, 0.1) is 11.2 Å². The fourth-order valence-corrected chi connectivity index (χ4v) is 2.58. The first-order chi connectivity index (χ1) is 10.2. The largest absolute Gasteiger partial charge is 0.312 e. The van der Waals surface area contributed by atoms with E-state index in [-0.39, 0.29) is 0 Å². The van der Waals surface area contributed by atoms with E-state index in [0.717, 1.165) is 36.4 Å². The van der Waals surface area contributed by atoms with Crippen molar-refractivity contribution in [3.63, 3.8) is 0 Å². The summed E-state index contributed by atoms with van der Waals surface area (Å²) in [5.41, 5.74) is 4.56. The Morgan fingerprint density at radius 3 is 2.86 bits per heavy atom. The van der Waals surface area contributed by atoms with Gasteiger partial charge >= 0.3 is 0 Å². The minimum atomic E-state index is 0.858. The van der Waals surface area contributed by atoms with Crippen molar-refractivity contribution in [1.82, 2.24) is 20.1 Å². The van der Waals surface area contributed by atoms with Crippen LogP contribution in [-0.4, -0.2) is 21.3 Å². The molecule has 0 radical (unpaired) electrons. The molecule has 0 saturated heterocycles. The molecule has 21 heavy (non-hydrogen) atoms. The predicted molar refractivity (Wildman–Crippen MR) is 85.1 cm³/mol. The molecule has 0 amide bonds. The van der Waals surface area contributed by atoms with E-state index in [1.807, 2.05) is 30.9 Å². The standard InChI is InChI=1S/C17H20N4/c1-13-11-14(16-5-3-4-6-17(16)19-13)12-18-9-7-15-8-10-21(2)20-15/h3-6,8,10-11,18H,7,9,12H2,1-2H3. The summed E-state index contributed by atoms with van der Waals surface area (Å²) in [4.78, 5) is 4.57. The number of fused-ring (bicyclic) bond motifs is 1. The Hall–Kier alpha value is -2.20. The van der Waals surface area contributed by atoms with Crippen molar-refractivity contribution >= 4 is 10.9 Å². The third-order valence-electron chi connectivity index (χ3n) is 3.57. The number of hydrogen-bond acceptors (Lipinski definition) is 3. The van der Waals surface area contributed by atoms with E-state index in [0.29, 0.717) is 0 Å². The molecule has 3 rings (SSSR count). The van der Waals surface area contributed by atoms with Gasteiger partial charge in [-0.25, -0.2) is 0 Å². The highest BCUT2D eigenvalue weighted by molar-refractivity contribution is 5.82. The van der Waals surface area contributed by atoms with E-state index in [2.05, 4.69) is 45.7 Å². The third kappa shape index (κ3) is 3.28. The Balaban J connectivity index is 1.65. The molecule has 0 unspecified atom stereocenters. The maximum Gasteiger partial charge on any atom is 0.0708 e. The minimum absolute atomic E-state index is 0.858. The molecule has 3 aromatic rings. The lowest BCUT2D eigenvalue weighted by atomic mass is 10.1. The lowest BCUT2D eigenvalue weighted by molar-refractivity contribution is 0.667. The Morgan fingerprint density at radius 2 is 2.05 bits per heavy atom. The second-order valence-corrected chi connectivity index (χ2v) is 5.35. The molecule has 0 aliphatic heterocycles. The molecule has 4 heteroatoms. The van der Waals surface area contributed by atoms with E-state index in [1.54, 1.807) is 0 Å². The average Bonchev–Trinajstić information content (AvgIpc) is 2.89. The molecule has 0 aliphatic rings. The van der Waals surface area contributed by atoms with Crippen LogP contribution in [0.4, 0.5) is 0 Å². The third-order valence-corrected chi connectivity index (χ3v) is 3.57. The topological polar surface area (TPSA) is 42.7 Å². The SMILES string of the molecule is Cc1cc(CNCCc2ccn(C)n2)c2ccccc2n1. The number of benzene rings is 1. The highest BCUT2D eigenvalue weighted by Gasteiger charge is 2.03. The van der Waals surface area contributed by atoms with E-state index >= 15 is 0 Å². The lowest BCUT2D eigenvalue weighted by Gasteiger charge is -2.09. The Labute approximate surface area is 124 Å². The molecule has 108 valence electrons. The first-order valence-corrected chi connectivity index (χ1v) is 7.27. The Morgan fingerprint density at radius 1 is 1.19 bits per heavy atom. The molecular weight excluding hydrogens is 260 g/mol. The van der Waals surface area contributed by atoms with E-state index in [9.17, 15) is 0 Å². The van der Waals surface area contributed by atoms with Gasteiger partial charge in [-0.3, -0.25) is 9.67 Å². The van der Waals surface area contributed by atoms with Crippen LogP contribution >= 0.6 is 0 Å². The number of pyridine rings is 1. The van der Waals surface area contributed by atoms with Gasteiger partial charge in [-0.2, -0.15) is 5.10 Å². The minimum Gasteiger partial charge on any atom is -0.312 e. The maximum absolute atomic E-state index is 4.57. The van der Waals surface area contributed by atoms with Crippen molar-refractivity contribution < 1.29 is 0 Å². The number of para-hydroxylation sites is 1. The number of rotatable bonds is 5. The summed E-state index contributed by atoms with van der Waals surface area (Å²) in [6.45, 7) is 3.83. The van der Waals surface area contributed by atoms with Crippen molar-refractivity contribution in [2.24, 2.45) is 7.05 Å². The number of aryl methyl sites for hydroxylation is 2. The summed E-state index contributed by atoms with van der Waals surface area (Å²) in [5, 5.41) is 9.12. The molecule has 2 heterocycles. The van der Waals surface area contributed by atoms with Crippen LogP contribution < -0.4 is 5.32 Å². The molecule has 0 aliphatic carbocycles. The molecule has 4 nitrogen and oxygen atoms in total. The van der Waals surface area contributed by atoms with Crippen molar-refractivity contribution in [2.75, 3.05) is 6.54 Å². The highest BCUT2D eigenvalue weighted by Crippen LogP contribution is 2.17. The molecule has 0 spiro atoms. The van der Waals surface area contributed by atoms with Gasteiger partial charge < -0.3 is 5.32 Å². The van der Waals surface area contributed by atoms with Gasteiger partial charge in [-0.1, -0.05) is 18.2 Å². The van der Waals surface area contributed by atoms with Crippen molar-refractivity contribution in [3.8, 4) is 0 Å². The van der Waals surface area contributed by atoms with Gasteiger partial charge in [0.1, 0.15) is 0 Å². The predicted octanol–water partition coefficient (Wildman–Crippen LogP) is 2.61. The molecule has 0 fully saturated rings. The van der Waals surface area contributed by atoms with Crippen molar-refractivity contribution in [1.29, 1.82) is 0 Å². The molecular formula is C17H20N4. The molecule has 1 aromatic carbocycles. The summed E-state index contributed by atoms with van der Waals surface area (Å²) in [5.74, 6) is 0. The smallest absolute Gasteiger partial charge is 0.0708 e. The van der Waals surface area contributed by atoms with Crippen LogP contribution in [0.5, 0.6) is 0 Å². The second kappa shape index (κ2) is 6.06. The second-order valence-electron chi connectivity index (χ2n) is 5.35. The van der Waals surface area contributed by atoms with Crippen LogP contribution in [0.1, 0.15) is 17.0 Å². The summed E-state index contributed by atoms with van der Waals surface area (Å²) in [6, 6.07) is 12.5. The molecule has 0 saturated carbocycles. The van der Waals surface area contributed by atoms with Crippen molar-refractivity contribution in [2.45, 2.75) is 19.9 Å². The zero-order valence-electron chi connectivity index (χ0n) is 12.5. The van der Waals surface area contributed by atoms with Crippen LogP contribution in [0.15, 0.2) is 42.6 Å². The zero-order valence-corrected chi connectivity index (χ0v) is 12.5. The van der Waals surface area contributed by atoms with Crippen LogP contribution in [0.2, 0.25) is 0 Å². The van der Waals surface area contributed by atoms with Crippen LogP contribution in [0, 0.1) is 6.92 Å². The van der Waals surface area contributed by atoms with Gasteiger partial charge in [0, 0.05) is 43.8 Å². The maximum atomic E-state index is 4.57. The Kier molecular flexibility index (Phi) is 3.97. The fraction of sp³-hybridized carbons (Fsp3) is 0.294. The molecule has 0 atom stereocenters. The quantitative estimate of drug-likeness (QED) is 0.731. The highest BCUT2D eigenvalue weighted by atomic mass is 15.2. The van der Waals surface area contributed by atoms with Crippen LogP contribution in [-0.2, 0) is 20.0 Å². The summed E-state index contributed by atoms with van der Waals surface area (Å²) >= 11 is 0. The number of nitrogens with zero attached hydrogens (tertiary/aromatic N) is 3. The van der Waals surface area contributed by atoms with Gasteiger partial charge in [0.25, 0.3) is 0 Å². The van der Waals surface area contributed by atoms with Gasteiger partial charge in [0.2, 0.25) is 0 Å². The number of aromatic nitrogens is 3. The average molecular weight is 280 g/mol. The van der Waals surface area contributed by atoms with E-state index < -0.39 is 0 Å². The van der Waals surface area contributed by atoms with E-state index in [4.69, 9.17) is 0 Å². The summed E-state index contributed by atoms with van der Waals surface area (Å²) < 4.78 is 1.84. The summed E-state index contributed by atoms with van der Waals surface area (Å²) in [6.07, 6.45) is 2.93. The molecule has 1 N–H and O–H groups in total.